The van der Waals surface area contributed by atoms with Gasteiger partial charge < -0.3 is 11.2 Å². The number of nitrogens with one attached hydrogen (secondary N) is 1. The van der Waals surface area contributed by atoms with E-state index in [0.29, 0.717) is 22.2 Å². The van der Waals surface area contributed by atoms with Gasteiger partial charge in [0.1, 0.15) is 11.6 Å². The number of thioether (sulfide) groups is 1. The molecule has 0 aliphatic carbocycles. The van der Waals surface area contributed by atoms with Crippen molar-refractivity contribution in [3.63, 3.8) is 0 Å². The van der Waals surface area contributed by atoms with Gasteiger partial charge in [0.25, 0.3) is 0 Å². The molecule has 3 rings (SSSR count). The SMILES string of the molecule is CC(Sc1nnc(-c2ccc(F)cc2)n1N)C(=O)Nc1ccc(F)cc1Cl. The number of rotatable bonds is 5. The molecule has 1 amide bonds. The molecule has 27 heavy (non-hydrogen) atoms. The predicted molar refractivity (Wildman–Crippen MR) is 101 cm³/mol. The largest absolute Gasteiger partial charge is 0.335 e. The van der Waals surface area contributed by atoms with Crippen LogP contribution in [0.5, 0.6) is 0 Å². The van der Waals surface area contributed by atoms with Crippen LogP contribution in [0.4, 0.5) is 14.5 Å². The molecule has 0 radical (unpaired) electrons. The molecule has 3 aromatic rings. The van der Waals surface area contributed by atoms with Crippen LogP contribution in [0.3, 0.4) is 0 Å². The average Bonchev–Trinajstić information content (AvgIpc) is 2.98. The Morgan fingerprint density at radius 2 is 1.85 bits per heavy atom. The van der Waals surface area contributed by atoms with Crippen LogP contribution in [0.1, 0.15) is 6.92 Å². The maximum Gasteiger partial charge on any atom is 0.237 e. The topological polar surface area (TPSA) is 85.8 Å². The lowest BCUT2D eigenvalue weighted by Gasteiger charge is -2.12. The molecule has 2 aromatic carbocycles. The van der Waals surface area contributed by atoms with Crippen LogP contribution in [0.2, 0.25) is 5.02 Å². The maximum absolute atomic E-state index is 13.1. The first-order valence-electron chi connectivity index (χ1n) is 7.74. The fraction of sp³-hybridized carbons (Fsp3) is 0.118. The van der Waals surface area contributed by atoms with E-state index < -0.39 is 11.1 Å². The van der Waals surface area contributed by atoms with Crippen LogP contribution in [0.15, 0.2) is 47.6 Å². The number of nitrogen functional groups attached to an aromatic ring is 1. The molecule has 6 nitrogen and oxygen atoms in total. The lowest BCUT2D eigenvalue weighted by atomic mass is 10.2. The van der Waals surface area contributed by atoms with Gasteiger partial charge in [0.05, 0.1) is 16.0 Å². The molecule has 0 bridgehead atoms. The second-order valence-corrected chi connectivity index (χ2v) is 7.27. The Kier molecular flexibility index (Phi) is 5.62. The van der Waals surface area contributed by atoms with Crippen LogP contribution in [-0.4, -0.2) is 26.0 Å². The van der Waals surface area contributed by atoms with E-state index in [1.807, 2.05) is 0 Å². The molecule has 0 aliphatic rings. The summed E-state index contributed by atoms with van der Waals surface area (Å²) >= 11 is 7.00. The molecule has 0 saturated heterocycles. The standard InChI is InChI=1S/C17H14ClF2N5OS/c1-9(16(26)22-14-7-6-12(20)8-13(14)18)27-17-24-23-15(25(17)21)10-2-4-11(19)5-3-10/h2-9H,21H2,1H3,(H,22,26). The molecule has 1 aromatic heterocycles. The number of aromatic nitrogens is 3. The number of anilines is 1. The Hall–Kier alpha value is -2.65. The molecule has 3 N–H and O–H groups in total. The third-order valence-corrected chi connectivity index (χ3v) is 4.98. The first kappa shape index (κ1) is 19.1. The van der Waals surface area contributed by atoms with Gasteiger partial charge in [-0.3, -0.25) is 4.79 Å². The lowest BCUT2D eigenvalue weighted by Crippen LogP contribution is -2.23. The molecular formula is C17H14ClF2N5OS. The molecule has 0 saturated carbocycles. The minimum absolute atomic E-state index is 0.0983. The average molecular weight is 410 g/mol. The van der Waals surface area contributed by atoms with Crippen molar-refractivity contribution in [2.24, 2.45) is 0 Å². The summed E-state index contributed by atoms with van der Waals surface area (Å²) in [7, 11) is 0. The van der Waals surface area contributed by atoms with Crippen molar-refractivity contribution in [3.8, 4) is 11.4 Å². The van der Waals surface area contributed by atoms with Crippen molar-refractivity contribution in [2.45, 2.75) is 17.3 Å². The van der Waals surface area contributed by atoms with E-state index in [1.165, 1.54) is 41.1 Å². The Bertz CT molecular complexity index is 980. The second kappa shape index (κ2) is 7.93. The summed E-state index contributed by atoms with van der Waals surface area (Å²) in [5.74, 6) is 5.11. The zero-order chi connectivity index (χ0) is 19.6. The van der Waals surface area contributed by atoms with Gasteiger partial charge in [-0.05, 0) is 49.4 Å². The summed E-state index contributed by atoms with van der Waals surface area (Å²) in [6.45, 7) is 1.66. The van der Waals surface area contributed by atoms with Crippen LogP contribution in [0.25, 0.3) is 11.4 Å². The number of hydrogen-bond acceptors (Lipinski definition) is 5. The maximum atomic E-state index is 13.1. The van der Waals surface area contributed by atoms with E-state index >= 15 is 0 Å². The van der Waals surface area contributed by atoms with Gasteiger partial charge >= 0.3 is 0 Å². The Labute approximate surface area is 162 Å². The first-order chi connectivity index (χ1) is 12.8. The highest BCUT2D eigenvalue weighted by Crippen LogP contribution is 2.27. The highest BCUT2D eigenvalue weighted by atomic mass is 35.5. The smallest absolute Gasteiger partial charge is 0.237 e. The van der Waals surface area contributed by atoms with Gasteiger partial charge in [0.15, 0.2) is 5.82 Å². The Morgan fingerprint density at radius 1 is 1.19 bits per heavy atom. The number of hydrogen-bond donors (Lipinski definition) is 2. The number of halogens is 3. The summed E-state index contributed by atoms with van der Waals surface area (Å²) in [4.78, 5) is 12.4. The Balaban J connectivity index is 1.71. The molecule has 140 valence electrons. The normalized spacial score (nSPS) is 12.0. The van der Waals surface area contributed by atoms with Gasteiger partial charge in [-0.2, -0.15) is 0 Å². The second-order valence-electron chi connectivity index (χ2n) is 5.56. The lowest BCUT2D eigenvalue weighted by molar-refractivity contribution is -0.115. The van der Waals surface area contributed by atoms with Crippen LogP contribution in [-0.2, 0) is 4.79 Å². The van der Waals surface area contributed by atoms with Crippen LogP contribution < -0.4 is 11.2 Å². The number of carbonyl (C=O) groups is 1. The zero-order valence-corrected chi connectivity index (χ0v) is 15.6. The van der Waals surface area contributed by atoms with E-state index in [4.69, 9.17) is 17.4 Å². The zero-order valence-electron chi connectivity index (χ0n) is 14.0. The van der Waals surface area contributed by atoms with Gasteiger partial charge in [-0.1, -0.05) is 23.4 Å². The van der Waals surface area contributed by atoms with Crippen molar-refractivity contribution in [2.75, 3.05) is 11.2 Å². The number of carbonyl (C=O) groups excluding carboxylic acids is 1. The van der Waals surface area contributed by atoms with E-state index in [9.17, 15) is 13.6 Å². The molecular weight excluding hydrogens is 396 g/mol. The molecule has 1 atom stereocenters. The van der Waals surface area contributed by atoms with Crippen LogP contribution in [0, 0.1) is 11.6 Å². The molecule has 0 fully saturated rings. The summed E-state index contributed by atoms with van der Waals surface area (Å²) in [6, 6.07) is 9.34. The summed E-state index contributed by atoms with van der Waals surface area (Å²) < 4.78 is 27.4. The van der Waals surface area contributed by atoms with E-state index in [2.05, 4.69) is 15.5 Å². The number of benzene rings is 2. The van der Waals surface area contributed by atoms with E-state index in [-0.39, 0.29) is 16.7 Å². The quantitative estimate of drug-likeness (QED) is 0.495. The third-order valence-electron chi connectivity index (χ3n) is 3.61. The summed E-state index contributed by atoms with van der Waals surface area (Å²) in [5.41, 5.74) is 0.894. The van der Waals surface area contributed by atoms with E-state index in [1.54, 1.807) is 6.92 Å². The fourth-order valence-corrected chi connectivity index (χ4v) is 3.17. The number of nitrogens with two attached hydrogens (primary N) is 1. The highest BCUT2D eigenvalue weighted by molar-refractivity contribution is 8.00. The summed E-state index contributed by atoms with van der Waals surface area (Å²) in [6.07, 6.45) is 0. The molecule has 10 heteroatoms. The van der Waals surface area contributed by atoms with E-state index in [0.717, 1.165) is 17.8 Å². The van der Waals surface area contributed by atoms with Gasteiger partial charge in [0, 0.05) is 5.56 Å². The van der Waals surface area contributed by atoms with Gasteiger partial charge in [-0.25, -0.2) is 13.5 Å². The van der Waals surface area contributed by atoms with Crippen molar-refractivity contribution >= 4 is 35.0 Å². The molecule has 1 heterocycles. The predicted octanol–water partition coefficient (Wildman–Crippen LogP) is 3.71. The number of amides is 1. The van der Waals surface area contributed by atoms with Crippen molar-refractivity contribution < 1.29 is 13.6 Å². The molecule has 0 spiro atoms. The van der Waals surface area contributed by atoms with Crippen molar-refractivity contribution in [1.29, 1.82) is 0 Å². The van der Waals surface area contributed by atoms with Crippen LogP contribution >= 0.6 is 23.4 Å². The highest BCUT2D eigenvalue weighted by Gasteiger charge is 2.20. The molecule has 0 aliphatic heterocycles. The number of nitrogens with zero attached hydrogens (tertiary/aromatic N) is 3. The minimum Gasteiger partial charge on any atom is -0.335 e. The van der Waals surface area contributed by atoms with Gasteiger partial charge in [-0.15, -0.1) is 10.2 Å². The first-order valence-corrected chi connectivity index (χ1v) is 9.00. The monoisotopic (exact) mass is 409 g/mol. The Morgan fingerprint density at radius 3 is 2.52 bits per heavy atom. The summed E-state index contributed by atoms with van der Waals surface area (Å²) in [5, 5.41) is 10.4. The molecule has 1 unspecified atom stereocenters. The van der Waals surface area contributed by atoms with Crippen molar-refractivity contribution in [1.82, 2.24) is 14.9 Å². The van der Waals surface area contributed by atoms with Crippen molar-refractivity contribution in [3.05, 3.63) is 59.1 Å². The fourth-order valence-electron chi connectivity index (χ4n) is 2.19. The van der Waals surface area contributed by atoms with Gasteiger partial charge in [0.2, 0.25) is 11.1 Å². The minimum atomic E-state index is -0.585. The third kappa shape index (κ3) is 4.37.